The molecule has 7 heteroatoms. The molecule has 1 amide bonds. The highest BCUT2D eigenvalue weighted by atomic mass is 32.2. The molecule has 0 saturated heterocycles. The monoisotopic (exact) mass is 415 g/mol. The first-order valence-electron chi connectivity index (χ1n) is 8.52. The zero-order chi connectivity index (χ0) is 19.2. The number of aromatic nitrogens is 2. The number of hydrogen-bond acceptors (Lipinski definition) is 6. The van der Waals surface area contributed by atoms with Gasteiger partial charge in [-0.05, 0) is 37.5 Å². The van der Waals surface area contributed by atoms with Gasteiger partial charge in [-0.2, -0.15) is 0 Å². The average Bonchev–Trinajstić information content (AvgIpc) is 3.10. The lowest BCUT2D eigenvalue weighted by atomic mass is 10.1. The topological polar surface area (TPSA) is 54.9 Å². The van der Waals surface area contributed by atoms with Gasteiger partial charge in [-0.1, -0.05) is 82.9 Å². The van der Waals surface area contributed by atoms with E-state index in [1.165, 1.54) is 34.2 Å². The van der Waals surface area contributed by atoms with Crippen LogP contribution in [0.15, 0.2) is 51.1 Å². The Labute approximate surface area is 172 Å². The number of aryl methyl sites for hydroxylation is 3. The third kappa shape index (κ3) is 5.82. The van der Waals surface area contributed by atoms with E-state index in [9.17, 15) is 4.79 Å². The lowest BCUT2D eigenvalue weighted by Gasteiger charge is -2.12. The Balaban J connectivity index is 1.50. The zero-order valence-corrected chi connectivity index (χ0v) is 17.9. The molecule has 0 fully saturated rings. The third-order valence-corrected chi connectivity index (χ3v) is 7.12. The Morgan fingerprint density at radius 3 is 2.30 bits per heavy atom. The number of hydrogen-bond donors (Lipinski definition) is 1. The second-order valence-electron chi connectivity index (χ2n) is 6.22. The van der Waals surface area contributed by atoms with Crippen molar-refractivity contribution in [2.24, 2.45) is 0 Å². The van der Waals surface area contributed by atoms with Gasteiger partial charge in [-0.15, -0.1) is 10.2 Å². The van der Waals surface area contributed by atoms with Crippen molar-refractivity contribution in [2.45, 2.75) is 35.2 Å². The number of rotatable bonds is 7. The second-order valence-corrected chi connectivity index (χ2v) is 9.64. The van der Waals surface area contributed by atoms with Crippen LogP contribution in [0.5, 0.6) is 0 Å². The predicted molar refractivity (Wildman–Crippen MR) is 116 cm³/mol. The van der Waals surface area contributed by atoms with Gasteiger partial charge in [-0.25, -0.2) is 0 Å². The van der Waals surface area contributed by atoms with Crippen molar-refractivity contribution in [1.82, 2.24) is 10.2 Å². The number of nitrogens with one attached hydrogen (secondary N) is 1. The fourth-order valence-electron chi connectivity index (χ4n) is 2.71. The number of nitrogens with zero attached hydrogens (tertiary/aromatic N) is 2. The standard InChI is InChI=1S/C20H21N3OS3/c1-13-9-14(2)18(15(3)10-13)21-17(24)12-26-20-23-22-19(27-20)25-11-16-7-5-4-6-8-16/h4-10H,11-12H2,1-3H3,(H,21,24). The Morgan fingerprint density at radius 1 is 1.00 bits per heavy atom. The molecule has 0 unspecified atom stereocenters. The van der Waals surface area contributed by atoms with E-state index in [1.807, 2.05) is 32.0 Å². The van der Waals surface area contributed by atoms with E-state index in [0.29, 0.717) is 5.75 Å². The van der Waals surface area contributed by atoms with Crippen LogP contribution < -0.4 is 5.32 Å². The van der Waals surface area contributed by atoms with Gasteiger partial charge in [0, 0.05) is 11.4 Å². The van der Waals surface area contributed by atoms with Gasteiger partial charge in [0.05, 0.1) is 5.75 Å². The third-order valence-electron chi connectivity index (χ3n) is 3.86. The highest BCUT2D eigenvalue weighted by Gasteiger charge is 2.11. The molecular formula is C20H21N3OS3. The van der Waals surface area contributed by atoms with E-state index in [4.69, 9.17) is 0 Å². The number of thioether (sulfide) groups is 2. The van der Waals surface area contributed by atoms with E-state index >= 15 is 0 Å². The lowest BCUT2D eigenvalue weighted by Crippen LogP contribution is -2.15. The molecular weight excluding hydrogens is 394 g/mol. The quantitative estimate of drug-likeness (QED) is 0.517. The predicted octanol–water partition coefficient (Wildman–Crippen LogP) is 5.49. The molecule has 1 heterocycles. The minimum absolute atomic E-state index is 0.0243. The molecule has 3 aromatic rings. The minimum atomic E-state index is -0.0243. The molecule has 0 bridgehead atoms. The smallest absolute Gasteiger partial charge is 0.234 e. The maximum atomic E-state index is 12.3. The molecule has 0 radical (unpaired) electrons. The molecule has 0 spiro atoms. The molecule has 3 rings (SSSR count). The van der Waals surface area contributed by atoms with Crippen molar-refractivity contribution in [1.29, 1.82) is 0 Å². The molecule has 140 valence electrons. The molecule has 0 saturated carbocycles. The van der Waals surface area contributed by atoms with Gasteiger partial charge in [0.2, 0.25) is 5.91 Å². The van der Waals surface area contributed by atoms with Crippen LogP contribution in [0.3, 0.4) is 0 Å². The normalized spacial score (nSPS) is 10.8. The van der Waals surface area contributed by atoms with Crippen LogP contribution >= 0.6 is 34.9 Å². The summed E-state index contributed by atoms with van der Waals surface area (Å²) in [5.74, 6) is 1.17. The molecule has 0 aliphatic carbocycles. The maximum absolute atomic E-state index is 12.3. The summed E-state index contributed by atoms with van der Waals surface area (Å²) in [5, 5.41) is 11.4. The fourth-order valence-corrected chi connectivity index (χ4v) is 5.49. The molecule has 4 nitrogen and oxygen atoms in total. The Hall–Kier alpha value is -1.83. The van der Waals surface area contributed by atoms with Crippen molar-refractivity contribution in [3.05, 3.63) is 64.7 Å². The van der Waals surface area contributed by atoms with Gasteiger partial charge in [0.25, 0.3) is 0 Å². The van der Waals surface area contributed by atoms with Crippen LogP contribution in [0.25, 0.3) is 0 Å². The van der Waals surface area contributed by atoms with Crippen molar-refractivity contribution in [2.75, 3.05) is 11.1 Å². The molecule has 0 aliphatic rings. The highest BCUT2D eigenvalue weighted by molar-refractivity contribution is 8.03. The molecule has 0 atom stereocenters. The van der Waals surface area contributed by atoms with Crippen LogP contribution in [0, 0.1) is 20.8 Å². The Morgan fingerprint density at radius 2 is 1.63 bits per heavy atom. The van der Waals surface area contributed by atoms with E-state index in [-0.39, 0.29) is 5.91 Å². The summed E-state index contributed by atoms with van der Waals surface area (Å²) in [4.78, 5) is 12.3. The minimum Gasteiger partial charge on any atom is -0.325 e. The number of anilines is 1. The summed E-state index contributed by atoms with van der Waals surface area (Å²) >= 11 is 4.62. The van der Waals surface area contributed by atoms with Crippen molar-refractivity contribution in [3.63, 3.8) is 0 Å². The van der Waals surface area contributed by atoms with Gasteiger partial charge in [0.15, 0.2) is 8.68 Å². The van der Waals surface area contributed by atoms with Crippen molar-refractivity contribution < 1.29 is 4.79 Å². The van der Waals surface area contributed by atoms with Crippen LogP contribution in [0.4, 0.5) is 5.69 Å². The number of carbonyl (C=O) groups is 1. The first-order valence-corrected chi connectivity index (χ1v) is 11.3. The summed E-state index contributed by atoms with van der Waals surface area (Å²) in [6.45, 7) is 6.10. The first kappa shape index (κ1) is 19.9. The van der Waals surface area contributed by atoms with E-state index in [1.54, 1.807) is 11.8 Å². The van der Waals surface area contributed by atoms with E-state index in [0.717, 1.165) is 31.2 Å². The summed E-state index contributed by atoms with van der Waals surface area (Å²) < 4.78 is 1.74. The van der Waals surface area contributed by atoms with E-state index in [2.05, 4.69) is 46.7 Å². The van der Waals surface area contributed by atoms with Gasteiger partial charge in [-0.3, -0.25) is 4.79 Å². The zero-order valence-electron chi connectivity index (χ0n) is 15.5. The molecule has 2 aromatic carbocycles. The number of amides is 1. The van der Waals surface area contributed by atoms with Gasteiger partial charge in [0.1, 0.15) is 0 Å². The maximum Gasteiger partial charge on any atom is 0.234 e. The Kier molecular flexibility index (Phi) is 6.93. The molecule has 27 heavy (non-hydrogen) atoms. The summed E-state index contributed by atoms with van der Waals surface area (Å²) in [5.41, 5.74) is 5.53. The average molecular weight is 416 g/mol. The van der Waals surface area contributed by atoms with E-state index < -0.39 is 0 Å². The highest BCUT2D eigenvalue weighted by Crippen LogP contribution is 2.31. The number of carbonyl (C=O) groups excluding carboxylic acids is 1. The van der Waals surface area contributed by atoms with Crippen LogP contribution in [0.2, 0.25) is 0 Å². The van der Waals surface area contributed by atoms with Gasteiger partial charge < -0.3 is 5.32 Å². The molecule has 1 N–H and O–H groups in total. The van der Waals surface area contributed by atoms with Crippen molar-refractivity contribution >= 4 is 46.5 Å². The number of benzene rings is 2. The van der Waals surface area contributed by atoms with Crippen LogP contribution in [0.1, 0.15) is 22.3 Å². The van der Waals surface area contributed by atoms with Crippen LogP contribution in [-0.4, -0.2) is 21.9 Å². The molecule has 0 aliphatic heterocycles. The SMILES string of the molecule is Cc1cc(C)c(NC(=O)CSc2nnc(SCc3ccccc3)s2)c(C)c1. The summed E-state index contributed by atoms with van der Waals surface area (Å²) in [6.07, 6.45) is 0. The fraction of sp³-hybridized carbons (Fsp3) is 0.250. The van der Waals surface area contributed by atoms with Crippen molar-refractivity contribution in [3.8, 4) is 0 Å². The van der Waals surface area contributed by atoms with Gasteiger partial charge >= 0.3 is 0 Å². The second kappa shape index (κ2) is 9.39. The molecule has 1 aromatic heterocycles. The largest absolute Gasteiger partial charge is 0.325 e. The summed E-state index contributed by atoms with van der Waals surface area (Å²) in [6, 6.07) is 14.4. The Bertz CT molecular complexity index is 902. The summed E-state index contributed by atoms with van der Waals surface area (Å²) in [7, 11) is 0. The first-order chi connectivity index (χ1) is 13.0. The van der Waals surface area contributed by atoms with Crippen LogP contribution in [-0.2, 0) is 10.5 Å². The lowest BCUT2D eigenvalue weighted by molar-refractivity contribution is -0.113.